The van der Waals surface area contributed by atoms with Gasteiger partial charge in [-0.1, -0.05) is 43.8 Å². The van der Waals surface area contributed by atoms with Crippen molar-refractivity contribution in [1.29, 1.82) is 0 Å². The van der Waals surface area contributed by atoms with E-state index in [1.165, 1.54) is 0 Å². The molecule has 2 aliphatic heterocycles. The summed E-state index contributed by atoms with van der Waals surface area (Å²) in [7, 11) is 8.16. The van der Waals surface area contributed by atoms with Crippen molar-refractivity contribution in [2.75, 3.05) is 0 Å². The molecule has 0 fully saturated rings. The zero-order chi connectivity index (χ0) is 26.0. The van der Waals surface area contributed by atoms with Crippen molar-refractivity contribution >= 4 is 46.4 Å². The molecule has 40 heavy (non-hydrogen) atoms. The van der Waals surface area contributed by atoms with Gasteiger partial charge in [-0.2, -0.15) is 0 Å². The SMILES string of the molecule is C.Cn1cc[n+](C)c1-c1c2nc(cc3ccc([n-]3)c(-c3n(C)cc[n+]3C)c3nc(cc4ccc1[n-]4)C=C3)C=C2.[Mn+3]. The normalized spacial score (nSPS) is 11.9. The second-order valence-electron chi connectivity index (χ2n) is 9.75. The Kier molecular flexibility index (Phi) is 6.96. The Labute approximate surface area is 243 Å². The summed E-state index contributed by atoms with van der Waals surface area (Å²) in [5.41, 5.74) is 8.84. The predicted octanol–water partition coefficient (Wildman–Crippen LogP) is 4.21. The molecular formula is C31H30MnN8+3. The van der Waals surface area contributed by atoms with E-state index >= 15 is 0 Å². The van der Waals surface area contributed by atoms with E-state index in [2.05, 4.69) is 42.6 Å². The van der Waals surface area contributed by atoms with Crippen LogP contribution >= 0.6 is 0 Å². The van der Waals surface area contributed by atoms with E-state index in [0.717, 1.165) is 67.6 Å². The molecule has 2 aliphatic rings. The fourth-order valence-electron chi connectivity index (χ4n) is 5.30. The van der Waals surface area contributed by atoms with E-state index in [-0.39, 0.29) is 24.5 Å². The van der Waals surface area contributed by atoms with Crippen LogP contribution in [0, 0.1) is 0 Å². The molecule has 0 aromatic carbocycles. The molecule has 7 heterocycles. The monoisotopic (exact) mass is 569 g/mol. The predicted molar refractivity (Wildman–Crippen MR) is 155 cm³/mol. The number of imidazole rings is 2. The summed E-state index contributed by atoms with van der Waals surface area (Å²) in [6, 6.07) is 12.2. The minimum absolute atomic E-state index is 0. The van der Waals surface area contributed by atoms with Gasteiger partial charge in [-0.05, 0) is 24.3 Å². The van der Waals surface area contributed by atoms with E-state index in [0.29, 0.717) is 0 Å². The topological polar surface area (TPSA) is 71.6 Å². The molecule has 0 saturated carbocycles. The first-order chi connectivity index (χ1) is 18.4. The van der Waals surface area contributed by atoms with Gasteiger partial charge in [0.05, 0.1) is 62.1 Å². The van der Waals surface area contributed by atoms with Gasteiger partial charge >= 0.3 is 17.1 Å². The molecule has 0 amide bonds. The molecule has 7 rings (SSSR count). The second-order valence-corrected chi connectivity index (χ2v) is 9.75. The molecule has 0 N–H and O–H groups in total. The van der Waals surface area contributed by atoms with Crippen LogP contribution in [0.3, 0.4) is 0 Å². The van der Waals surface area contributed by atoms with E-state index in [1.807, 2.05) is 89.4 Å². The summed E-state index contributed by atoms with van der Waals surface area (Å²) in [6.45, 7) is 0. The summed E-state index contributed by atoms with van der Waals surface area (Å²) in [6.07, 6.45) is 16.3. The van der Waals surface area contributed by atoms with E-state index in [9.17, 15) is 0 Å². The van der Waals surface area contributed by atoms with Crippen LogP contribution in [0.25, 0.3) is 69.1 Å². The van der Waals surface area contributed by atoms with Crippen LogP contribution in [0.2, 0.25) is 0 Å². The Bertz CT molecular complexity index is 1800. The molecule has 0 atom stereocenters. The minimum Gasteiger partial charge on any atom is -0.657 e. The van der Waals surface area contributed by atoms with Crippen LogP contribution in [0.4, 0.5) is 0 Å². The van der Waals surface area contributed by atoms with Crippen molar-refractivity contribution in [2.45, 2.75) is 7.43 Å². The number of hydrogen-bond donors (Lipinski definition) is 0. The Balaban J connectivity index is 0.00000161. The summed E-state index contributed by atoms with van der Waals surface area (Å²) in [5.74, 6) is 2.05. The first-order valence-corrected chi connectivity index (χ1v) is 12.5. The Morgan fingerprint density at radius 1 is 0.650 bits per heavy atom. The van der Waals surface area contributed by atoms with Crippen LogP contribution < -0.4 is 19.1 Å². The smallest absolute Gasteiger partial charge is 0.657 e. The molecule has 8 bridgehead atoms. The van der Waals surface area contributed by atoms with Crippen molar-refractivity contribution < 1.29 is 26.2 Å². The van der Waals surface area contributed by atoms with Crippen molar-refractivity contribution in [3.05, 3.63) is 84.0 Å². The average molecular weight is 570 g/mol. The van der Waals surface area contributed by atoms with Gasteiger partial charge in [0, 0.05) is 0 Å². The largest absolute Gasteiger partial charge is 3.00 e. The summed E-state index contributed by atoms with van der Waals surface area (Å²) in [4.78, 5) is 20.0. The third-order valence-electron chi connectivity index (χ3n) is 7.07. The maximum atomic E-state index is 5.00. The number of fused-ring (bicyclic) bond motifs is 8. The van der Waals surface area contributed by atoms with Crippen molar-refractivity contribution in [3.8, 4) is 22.8 Å². The van der Waals surface area contributed by atoms with E-state index in [4.69, 9.17) is 19.9 Å². The first-order valence-electron chi connectivity index (χ1n) is 12.5. The van der Waals surface area contributed by atoms with Gasteiger partial charge in [0.25, 0.3) is 11.6 Å². The van der Waals surface area contributed by atoms with Crippen LogP contribution in [-0.2, 0) is 45.3 Å². The number of aromatic nitrogens is 8. The van der Waals surface area contributed by atoms with Crippen LogP contribution in [0.15, 0.2) is 61.2 Å². The second kappa shape index (κ2) is 10.3. The van der Waals surface area contributed by atoms with Crippen molar-refractivity contribution in [2.24, 2.45) is 28.2 Å². The first kappa shape index (κ1) is 27.1. The third kappa shape index (κ3) is 4.43. The van der Waals surface area contributed by atoms with Gasteiger partial charge in [-0.15, -0.1) is 22.1 Å². The minimum atomic E-state index is 0. The zero-order valence-corrected chi connectivity index (χ0v) is 23.2. The Morgan fingerprint density at radius 3 is 1.45 bits per heavy atom. The van der Waals surface area contributed by atoms with Crippen molar-refractivity contribution in [1.82, 2.24) is 29.1 Å². The molecule has 5 aromatic heterocycles. The Hall–Kier alpha value is -4.46. The summed E-state index contributed by atoms with van der Waals surface area (Å²) >= 11 is 0. The molecule has 0 aliphatic carbocycles. The molecule has 0 spiro atoms. The fourth-order valence-corrected chi connectivity index (χ4v) is 5.30. The standard InChI is InChI=1S/C30H26N8.CH4.Mn/c1-35-13-14-36(2)29(35)27-23-9-5-19(31-23)17-21-7-11-25(33-21)28(30-37(3)15-16-38(30)4)26-12-8-22(34-26)18-20-6-10-24(27)32-20;;/h5-18H,1-4H3;1H4;/q;;+3. The van der Waals surface area contributed by atoms with E-state index < -0.39 is 0 Å². The number of hydrogen-bond acceptors (Lipinski definition) is 2. The van der Waals surface area contributed by atoms with Gasteiger partial charge in [-0.25, -0.2) is 28.2 Å². The molecule has 9 heteroatoms. The number of rotatable bonds is 2. The molecule has 8 nitrogen and oxygen atoms in total. The fraction of sp³-hybridized carbons (Fsp3) is 0.161. The van der Waals surface area contributed by atoms with Gasteiger partial charge in [-0.3, -0.25) is 0 Å². The van der Waals surface area contributed by atoms with Gasteiger partial charge < -0.3 is 9.97 Å². The van der Waals surface area contributed by atoms with Gasteiger partial charge in [0.1, 0.15) is 24.8 Å². The van der Waals surface area contributed by atoms with Crippen LogP contribution in [0.1, 0.15) is 30.2 Å². The molecule has 0 unspecified atom stereocenters. The maximum Gasteiger partial charge on any atom is 3.00 e. The summed E-state index contributed by atoms with van der Waals surface area (Å²) in [5, 5.41) is 0. The van der Waals surface area contributed by atoms with E-state index in [1.54, 1.807) is 0 Å². The molecule has 0 saturated heterocycles. The van der Waals surface area contributed by atoms with Crippen molar-refractivity contribution in [3.63, 3.8) is 0 Å². The molecular weight excluding hydrogens is 539 g/mol. The molecule has 198 valence electrons. The third-order valence-corrected chi connectivity index (χ3v) is 7.07. The number of nitrogens with zero attached hydrogens (tertiary/aromatic N) is 8. The average Bonchev–Trinajstić information content (AvgIpc) is 3.73. The van der Waals surface area contributed by atoms with Crippen LogP contribution in [0.5, 0.6) is 0 Å². The molecule has 5 aromatic rings. The summed E-state index contributed by atoms with van der Waals surface area (Å²) < 4.78 is 8.39. The quantitative estimate of drug-likeness (QED) is 0.231. The number of aryl methyl sites for hydroxylation is 4. The molecule has 0 radical (unpaired) electrons. The Morgan fingerprint density at radius 2 is 1.07 bits per heavy atom. The van der Waals surface area contributed by atoms with Gasteiger partial charge in [0.2, 0.25) is 0 Å². The van der Waals surface area contributed by atoms with Gasteiger partial charge in [0.15, 0.2) is 0 Å². The maximum absolute atomic E-state index is 5.00. The zero-order valence-electron chi connectivity index (χ0n) is 22.0. The van der Waals surface area contributed by atoms with Crippen LogP contribution in [-0.4, -0.2) is 19.1 Å².